The van der Waals surface area contributed by atoms with Gasteiger partial charge in [-0.3, -0.25) is 5.10 Å². The van der Waals surface area contributed by atoms with Crippen molar-refractivity contribution in [2.75, 3.05) is 0 Å². The third kappa shape index (κ3) is 2.28. The molecule has 0 unspecified atom stereocenters. The van der Waals surface area contributed by atoms with Crippen molar-refractivity contribution < 1.29 is 15.3 Å². The molecule has 0 saturated heterocycles. The van der Waals surface area contributed by atoms with E-state index in [-0.39, 0.29) is 5.75 Å². The van der Waals surface area contributed by atoms with Crippen LogP contribution in [-0.4, -0.2) is 25.5 Å². The molecule has 3 aromatic rings. The molecule has 0 amide bonds. The Bertz CT molecular complexity index is 814. The Hall–Kier alpha value is -2.66. The lowest BCUT2D eigenvalue weighted by atomic mass is 10.0. The lowest BCUT2D eigenvalue weighted by Gasteiger charge is -2.08. The predicted molar refractivity (Wildman–Crippen MR) is 79.5 cm³/mol. The zero-order chi connectivity index (χ0) is 15.0. The van der Waals surface area contributed by atoms with Crippen LogP contribution >= 0.6 is 11.6 Å². The third-order valence-corrected chi connectivity index (χ3v) is 3.41. The average Bonchev–Trinajstić information content (AvgIpc) is 2.94. The number of hydrogen-bond donors (Lipinski definition) is 4. The summed E-state index contributed by atoms with van der Waals surface area (Å²) < 4.78 is 0. The van der Waals surface area contributed by atoms with Gasteiger partial charge < -0.3 is 15.3 Å². The van der Waals surface area contributed by atoms with Crippen molar-refractivity contribution in [3.8, 4) is 39.6 Å². The number of aromatic hydroxyl groups is 3. The van der Waals surface area contributed by atoms with Crippen molar-refractivity contribution >= 4 is 11.6 Å². The monoisotopic (exact) mass is 302 g/mol. The van der Waals surface area contributed by atoms with E-state index in [0.717, 1.165) is 11.1 Å². The van der Waals surface area contributed by atoms with E-state index in [1.54, 1.807) is 18.3 Å². The lowest BCUT2D eigenvalue weighted by Crippen LogP contribution is -1.85. The summed E-state index contributed by atoms with van der Waals surface area (Å²) in [5, 5.41) is 36.4. The van der Waals surface area contributed by atoms with E-state index in [2.05, 4.69) is 10.2 Å². The van der Waals surface area contributed by atoms with Crippen LogP contribution in [0.25, 0.3) is 22.4 Å². The topological polar surface area (TPSA) is 89.4 Å². The van der Waals surface area contributed by atoms with E-state index in [0.29, 0.717) is 16.3 Å². The van der Waals surface area contributed by atoms with E-state index < -0.39 is 11.5 Å². The summed E-state index contributed by atoms with van der Waals surface area (Å²) in [7, 11) is 0. The van der Waals surface area contributed by atoms with Crippen LogP contribution < -0.4 is 0 Å². The Morgan fingerprint density at radius 3 is 2.52 bits per heavy atom. The molecule has 1 aromatic heterocycles. The molecule has 106 valence electrons. The maximum Gasteiger partial charge on any atom is 0.200 e. The van der Waals surface area contributed by atoms with Gasteiger partial charge >= 0.3 is 0 Å². The van der Waals surface area contributed by atoms with Gasteiger partial charge in [-0.25, -0.2) is 0 Å². The van der Waals surface area contributed by atoms with Crippen molar-refractivity contribution in [2.45, 2.75) is 0 Å². The van der Waals surface area contributed by atoms with Gasteiger partial charge in [-0.2, -0.15) is 5.10 Å². The average molecular weight is 303 g/mol. The van der Waals surface area contributed by atoms with E-state index in [1.807, 2.05) is 12.1 Å². The molecule has 21 heavy (non-hydrogen) atoms. The molecule has 0 bridgehead atoms. The standard InChI is InChI=1S/C15H11ClN2O3/c16-9-3-1-2-8(6-9)11-7-17-18-13(11)10-4-5-12(19)15(21)14(10)20/h1-7,19-21H,(H,17,18). The number of nitrogens with zero attached hydrogens (tertiary/aromatic N) is 1. The van der Waals surface area contributed by atoms with Gasteiger partial charge in [0.2, 0.25) is 5.75 Å². The van der Waals surface area contributed by atoms with E-state index >= 15 is 0 Å². The first-order chi connectivity index (χ1) is 10.1. The predicted octanol–water partition coefficient (Wildman–Crippen LogP) is 3.51. The van der Waals surface area contributed by atoms with Crippen LogP contribution in [0.2, 0.25) is 5.02 Å². The van der Waals surface area contributed by atoms with Crippen LogP contribution in [0.3, 0.4) is 0 Å². The highest BCUT2D eigenvalue weighted by molar-refractivity contribution is 6.30. The highest BCUT2D eigenvalue weighted by Gasteiger charge is 2.17. The number of hydrogen-bond acceptors (Lipinski definition) is 4. The van der Waals surface area contributed by atoms with Crippen LogP contribution in [0.5, 0.6) is 17.2 Å². The van der Waals surface area contributed by atoms with Crippen molar-refractivity contribution in [2.24, 2.45) is 0 Å². The molecule has 0 saturated carbocycles. The molecule has 0 aliphatic heterocycles. The second-order valence-corrected chi connectivity index (χ2v) is 4.93. The van der Waals surface area contributed by atoms with Gasteiger partial charge in [-0.15, -0.1) is 0 Å². The number of nitrogens with one attached hydrogen (secondary N) is 1. The van der Waals surface area contributed by atoms with Crippen molar-refractivity contribution in [1.29, 1.82) is 0 Å². The quantitative estimate of drug-likeness (QED) is 0.545. The molecule has 0 fully saturated rings. The van der Waals surface area contributed by atoms with Gasteiger partial charge in [-0.1, -0.05) is 23.7 Å². The molecule has 0 aliphatic rings. The maximum atomic E-state index is 9.99. The summed E-state index contributed by atoms with van der Waals surface area (Å²) in [6.07, 6.45) is 1.60. The van der Waals surface area contributed by atoms with E-state index in [4.69, 9.17) is 11.6 Å². The highest BCUT2D eigenvalue weighted by atomic mass is 35.5. The lowest BCUT2D eigenvalue weighted by molar-refractivity contribution is 0.369. The second kappa shape index (κ2) is 5.03. The van der Waals surface area contributed by atoms with Gasteiger partial charge in [0, 0.05) is 16.1 Å². The fourth-order valence-corrected chi connectivity index (χ4v) is 2.33. The number of halogens is 1. The number of phenols is 3. The molecule has 1 heterocycles. The molecule has 6 heteroatoms. The van der Waals surface area contributed by atoms with Crippen molar-refractivity contribution in [1.82, 2.24) is 10.2 Å². The fourth-order valence-electron chi connectivity index (χ4n) is 2.14. The molecule has 5 nitrogen and oxygen atoms in total. The van der Waals surface area contributed by atoms with E-state index in [1.165, 1.54) is 12.1 Å². The summed E-state index contributed by atoms with van der Waals surface area (Å²) in [4.78, 5) is 0. The molecule has 0 spiro atoms. The number of aromatic amines is 1. The Balaban J connectivity index is 2.18. The SMILES string of the molecule is Oc1ccc(-c2[nH]ncc2-c2cccc(Cl)c2)c(O)c1O. The van der Waals surface area contributed by atoms with Crippen LogP contribution in [0.4, 0.5) is 0 Å². The first kappa shape index (κ1) is 13.3. The Kier molecular flexibility index (Phi) is 3.19. The maximum absolute atomic E-state index is 9.99. The van der Waals surface area contributed by atoms with Crippen LogP contribution in [-0.2, 0) is 0 Å². The smallest absolute Gasteiger partial charge is 0.200 e. The van der Waals surface area contributed by atoms with Crippen molar-refractivity contribution in [3.63, 3.8) is 0 Å². The molecule has 0 radical (unpaired) electrons. The summed E-state index contributed by atoms with van der Waals surface area (Å²) in [6.45, 7) is 0. The van der Waals surface area contributed by atoms with Gasteiger partial charge in [0.05, 0.1) is 11.9 Å². The Morgan fingerprint density at radius 2 is 1.76 bits per heavy atom. The molecular weight excluding hydrogens is 292 g/mol. The summed E-state index contributed by atoms with van der Waals surface area (Å²) >= 11 is 5.98. The molecule has 3 rings (SSSR count). The van der Waals surface area contributed by atoms with Crippen LogP contribution in [0.1, 0.15) is 0 Å². The number of benzene rings is 2. The zero-order valence-corrected chi connectivity index (χ0v) is 11.5. The van der Waals surface area contributed by atoms with Crippen LogP contribution in [0.15, 0.2) is 42.6 Å². The first-order valence-corrected chi connectivity index (χ1v) is 6.49. The van der Waals surface area contributed by atoms with Gasteiger partial charge in [0.1, 0.15) is 0 Å². The molecule has 0 atom stereocenters. The number of phenolic OH excluding ortho intramolecular Hbond substituents is 3. The Labute approximate surface area is 125 Å². The summed E-state index contributed by atoms with van der Waals surface area (Å²) in [6, 6.07) is 9.99. The minimum atomic E-state index is -0.570. The normalized spacial score (nSPS) is 10.7. The fraction of sp³-hybridized carbons (Fsp3) is 0. The van der Waals surface area contributed by atoms with Gasteiger partial charge in [-0.05, 0) is 29.8 Å². The zero-order valence-electron chi connectivity index (χ0n) is 10.7. The van der Waals surface area contributed by atoms with Crippen LogP contribution in [0, 0.1) is 0 Å². The van der Waals surface area contributed by atoms with E-state index in [9.17, 15) is 15.3 Å². The molecule has 2 aromatic carbocycles. The van der Waals surface area contributed by atoms with Crippen molar-refractivity contribution in [3.05, 3.63) is 47.6 Å². The minimum absolute atomic E-state index is 0.331. The number of aromatic nitrogens is 2. The Morgan fingerprint density at radius 1 is 0.952 bits per heavy atom. The highest BCUT2D eigenvalue weighted by Crippen LogP contribution is 2.44. The summed E-state index contributed by atoms with van der Waals surface area (Å²) in [5.41, 5.74) is 2.39. The molecule has 0 aliphatic carbocycles. The van der Waals surface area contributed by atoms with Gasteiger partial charge in [0.15, 0.2) is 11.5 Å². The second-order valence-electron chi connectivity index (χ2n) is 4.50. The summed E-state index contributed by atoms with van der Waals surface area (Å²) in [5.74, 6) is -1.37. The number of H-pyrrole nitrogens is 1. The molecule has 4 N–H and O–H groups in total. The largest absolute Gasteiger partial charge is 0.504 e. The van der Waals surface area contributed by atoms with Gasteiger partial charge in [0.25, 0.3) is 0 Å². The third-order valence-electron chi connectivity index (χ3n) is 3.17. The minimum Gasteiger partial charge on any atom is -0.504 e. The number of rotatable bonds is 2. The first-order valence-electron chi connectivity index (χ1n) is 6.11. The molecular formula is C15H11ClN2O3.